The Kier molecular flexibility index (Phi) is 7.46. The molecule has 3 aromatic carbocycles. The van der Waals surface area contributed by atoms with E-state index in [1.54, 1.807) is 6.20 Å². The summed E-state index contributed by atoms with van der Waals surface area (Å²) in [7, 11) is 2.11. The summed E-state index contributed by atoms with van der Waals surface area (Å²) >= 11 is 0. The summed E-state index contributed by atoms with van der Waals surface area (Å²) in [4.78, 5) is 4.60. The van der Waals surface area contributed by atoms with Crippen LogP contribution in [-0.4, -0.2) is 24.5 Å². The maximum Gasteiger partial charge on any atom is 0.0594 e. The molecule has 1 aliphatic carbocycles. The predicted molar refractivity (Wildman–Crippen MR) is 158 cm³/mol. The number of para-hydroxylation sites is 1. The summed E-state index contributed by atoms with van der Waals surface area (Å²) in [5, 5.41) is 3.38. The van der Waals surface area contributed by atoms with E-state index in [0.717, 1.165) is 48.4 Å². The SMILES string of the molecule is CC1C=CC(CCN(C)/C(=C\N)c2ccc(N(c3ccccc3)c3cccc4c3CCC=C4)cc2)=CN1. The minimum absolute atomic E-state index is 0.396. The zero-order chi connectivity index (χ0) is 25.6. The van der Waals surface area contributed by atoms with Crippen LogP contribution in [0.1, 0.15) is 36.5 Å². The minimum atomic E-state index is 0.396. The summed E-state index contributed by atoms with van der Waals surface area (Å²) < 4.78 is 0. The number of allylic oxidation sites excluding steroid dienone is 2. The van der Waals surface area contributed by atoms with Crippen molar-refractivity contribution in [3.8, 4) is 0 Å². The van der Waals surface area contributed by atoms with Crippen LogP contribution in [0.2, 0.25) is 0 Å². The third kappa shape index (κ3) is 5.49. The van der Waals surface area contributed by atoms with E-state index in [-0.39, 0.29) is 0 Å². The first-order chi connectivity index (χ1) is 18.1. The van der Waals surface area contributed by atoms with Crippen molar-refractivity contribution >= 4 is 28.8 Å². The molecule has 0 saturated carbocycles. The van der Waals surface area contributed by atoms with Gasteiger partial charge in [0.2, 0.25) is 0 Å². The lowest BCUT2D eigenvalue weighted by Crippen LogP contribution is -2.23. The molecule has 0 bridgehead atoms. The van der Waals surface area contributed by atoms with E-state index in [0.29, 0.717) is 6.04 Å². The van der Waals surface area contributed by atoms with Crippen LogP contribution in [0.25, 0.3) is 11.8 Å². The molecule has 4 heteroatoms. The van der Waals surface area contributed by atoms with Gasteiger partial charge in [0, 0.05) is 49.1 Å². The molecule has 5 rings (SSSR count). The predicted octanol–water partition coefficient (Wildman–Crippen LogP) is 7.13. The zero-order valence-corrected chi connectivity index (χ0v) is 21.8. The van der Waals surface area contributed by atoms with Crippen LogP contribution >= 0.6 is 0 Å². The number of benzene rings is 3. The summed E-state index contributed by atoms with van der Waals surface area (Å²) in [5.74, 6) is 0. The Hall–Kier alpha value is -4.18. The first kappa shape index (κ1) is 24.5. The summed E-state index contributed by atoms with van der Waals surface area (Å²) in [6, 6.07) is 26.4. The van der Waals surface area contributed by atoms with Gasteiger partial charge in [-0.3, -0.25) is 0 Å². The van der Waals surface area contributed by atoms with Crippen LogP contribution in [0.3, 0.4) is 0 Å². The van der Waals surface area contributed by atoms with Crippen molar-refractivity contribution in [2.24, 2.45) is 5.73 Å². The molecule has 2 aliphatic rings. The topological polar surface area (TPSA) is 44.5 Å². The van der Waals surface area contributed by atoms with E-state index in [4.69, 9.17) is 5.73 Å². The van der Waals surface area contributed by atoms with E-state index in [2.05, 4.69) is 132 Å². The average molecular weight is 489 g/mol. The highest BCUT2D eigenvalue weighted by atomic mass is 15.1. The maximum atomic E-state index is 6.13. The highest BCUT2D eigenvalue weighted by molar-refractivity contribution is 5.82. The molecule has 0 aromatic heterocycles. The molecule has 1 heterocycles. The van der Waals surface area contributed by atoms with Gasteiger partial charge >= 0.3 is 0 Å². The number of nitrogens with two attached hydrogens (primary N) is 1. The summed E-state index contributed by atoms with van der Waals surface area (Å²) in [6.45, 7) is 3.04. The molecule has 1 unspecified atom stereocenters. The number of dihydropyridines is 1. The van der Waals surface area contributed by atoms with Crippen LogP contribution in [0.5, 0.6) is 0 Å². The van der Waals surface area contributed by atoms with E-state index in [1.165, 1.54) is 22.4 Å². The van der Waals surface area contributed by atoms with Crippen molar-refractivity contribution in [2.75, 3.05) is 18.5 Å². The Morgan fingerprint density at radius 2 is 1.76 bits per heavy atom. The van der Waals surface area contributed by atoms with Gasteiger partial charge in [-0.25, -0.2) is 0 Å². The third-order valence-corrected chi connectivity index (χ3v) is 7.16. The first-order valence-corrected chi connectivity index (χ1v) is 13.1. The van der Waals surface area contributed by atoms with Crippen molar-refractivity contribution in [1.29, 1.82) is 0 Å². The molecule has 0 radical (unpaired) electrons. The molecule has 0 saturated heterocycles. The lowest BCUT2D eigenvalue weighted by atomic mass is 9.94. The fraction of sp³-hybridized carbons (Fsp3) is 0.212. The Balaban J connectivity index is 1.41. The molecule has 0 fully saturated rings. The molecule has 0 spiro atoms. The number of nitrogens with one attached hydrogen (secondary N) is 1. The number of nitrogens with zero attached hydrogens (tertiary/aromatic N) is 2. The fourth-order valence-corrected chi connectivity index (χ4v) is 5.08. The van der Waals surface area contributed by atoms with Gasteiger partial charge in [0.05, 0.1) is 5.70 Å². The quantitative estimate of drug-likeness (QED) is 0.354. The second kappa shape index (κ2) is 11.3. The van der Waals surface area contributed by atoms with Gasteiger partial charge in [0.25, 0.3) is 0 Å². The maximum absolute atomic E-state index is 6.13. The van der Waals surface area contributed by atoms with Gasteiger partial charge in [-0.15, -0.1) is 0 Å². The standard InChI is InChI=1S/C33H36N4/c1-25-15-16-26(24-35-25)21-22-36(2)33(23-34)28-17-19-30(20-18-28)37(29-11-4-3-5-12-29)32-14-8-10-27-9-6-7-13-31(27)32/h3-6,8-12,14-20,23-25,35H,7,13,21-22,34H2,1-2H3/b33-23-. The van der Waals surface area contributed by atoms with Crippen LogP contribution < -0.4 is 16.0 Å². The summed E-state index contributed by atoms with van der Waals surface area (Å²) in [6.07, 6.45) is 15.8. The Bertz CT molecular complexity index is 1330. The van der Waals surface area contributed by atoms with Gasteiger partial charge in [-0.1, -0.05) is 66.8 Å². The molecular weight excluding hydrogens is 452 g/mol. The Morgan fingerprint density at radius 1 is 0.973 bits per heavy atom. The molecule has 188 valence electrons. The van der Waals surface area contributed by atoms with Gasteiger partial charge < -0.3 is 20.9 Å². The molecule has 0 amide bonds. The smallest absolute Gasteiger partial charge is 0.0594 e. The molecule has 1 aliphatic heterocycles. The number of hydrogen-bond donors (Lipinski definition) is 2. The lowest BCUT2D eigenvalue weighted by Gasteiger charge is -2.30. The van der Waals surface area contributed by atoms with Crippen LogP contribution in [0, 0.1) is 0 Å². The van der Waals surface area contributed by atoms with Gasteiger partial charge in [-0.05, 0) is 78.8 Å². The van der Waals surface area contributed by atoms with Gasteiger partial charge in [-0.2, -0.15) is 0 Å². The molecule has 4 nitrogen and oxygen atoms in total. The number of anilines is 3. The number of fused-ring (bicyclic) bond motifs is 1. The van der Waals surface area contributed by atoms with Crippen LogP contribution in [-0.2, 0) is 6.42 Å². The summed E-state index contributed by atoms with van der Waals surface area (Å²) in [5.41, 5.74) is 15.8. The lowest BCUT2D eigenvalue weighted by molar-refractivity contribution is 0.482. The largest absolute Gasteiger partial charge is 0.403 e. The van der Waals surface area contributed by atoms with E-state index in [9.17, 15) is 0 Å². The van der Waals surface area contributed by atoms with E-state index in [1.807, 2.05) is 0 Å². The fourth-order valence-electron chi connectivity index (χ4n) is 5.08. The number of rotatable bonds is 8. The monoisotopic (exact) mass is 488 g/mol. The average Bonchev–Trinajstić information content (AvgIpc) is 2.95. The van der Waals surface area contributed by atoms with Gasteiger partial charge in [0.1, 0.15) is 0 Å². The van der Waals surface area contributed by atoms with Crippen molar-refractivity contribution in [3.05, 3.63) is 126 Å². The Morgan fingerprint density at radius 3 is 2.49 bits per heavy atom. The van der Waals surface area contributed by atoms with Crippen LogP contribution in [0.15, 0.2) is 109 Å². The van der Waals surface area contributed by atoms with Gasteiger partial charge in [0.15, 0.2) is 0 Å². The van der Waals surface area contributed by atoms with Crippen molar-refractivity contribution in [3.63, 3.8) is 0 Å². The molecule has 1 atom stereocenters. The highest BCUT2D eigenvalue weighted by Gasteiger charge is 2.19. The molecule has 3 N–H and O–H groups in total. The zero-order valence-electron chi connectivity index (χ0n) is 21.8. The van der Waals surface area contributed by atoms with E-state index < -0.39 is 0 Å². The molecular formula is C33H36N4. The second-order valence-corrected chi connectivity index (χ2v) is 9.76. The Labute approximate surface area is 221 Å². The third-order valence-electron chi connectivity index (χ3n) is 7.16. The van der Waals surface area contributed by atoms with E-state index >= 15 is 0 Å². The van der Waals surface area contributed by atoms with Crippen molar-refractivity contribution in [2.45, 2.75) is 32.2 Å². The molecule has 37 heavy (non-hydrogen) atoms. The first-order valence-electron chi connectivity index (χ1n) is 13.1. The number of hydrogen-bond acceptors (Lipinski definition) is 4. The minimum Gasteiger partial charge on any atom is -0.403 e. The van der Waals surface area contributed by atoms with Crippen LogP contribution in [0.4, 0.5) is 17.1 Å². The van der Waals surface area contributed by atoms with Crippen molar-refractivity contribution < 1.29 is 0 Å². The second-order valence-electron chi connectivity index (χ2n) is 9.76. The normalized spacial score (nSPS) is 16.5. The highest BCUT2D eigenvalue weighted by Crippen LogP contribution is 2.39. The van der Waals surface area contributed by atoms with Crippen molar-refractivity contribution in [1.82, 2.24) is 10.2 Å². The molecule has 3 aromatic rings.